The van der Waals surface area contributed by atoms with Gasteiger partial charge in [0.1, 0.15) is 0 Å². The molecule has 1 aromatic heterocycles. The minimum atomic E-state index is -0.139. The van der Waals surface area contributed by atoms with Crippen molar-refractivity contribution in [2.45, 2.75) is 6.42 Å². The molecular weight excluding hydrogens is 192 g/mol. The van der Waals surface area contributed by atoms with Gasteiger partial charge in [-0.1, -0.05) is 6.08 Å². The molecule has 0 saturated carbocycles. The first kappa shape index (κ1) is 9.71. The predicted octanol–water partition coefficient (Wildman–Crippen LogP) is 0.620. The molecule has 1 aliphatic rings. The standard InChI is InChI=1S/C11H12N2O2/c1-13-5-3-9(7-11(13)15)8-2-4-12-10(14)6-8/h2-4,6H,5,7H2,1H3,(H,12,14). The number of likely N-dealkylation sites (N-methyl/N-ethyl adjacent to an activating group) is 1. The molecule has 2 rings (SSSR count). The van der Waals surface area contributed by atoms with Gasteiger partial charge in [0.15, 0.2) is 0 Å². The number of amides is 1. The van der Waals surface area contributed by atoms with Crippen molar-refractivity contribution in [2.75, 3.05) is 13.6 Å². The largest absolute Gasteiger partial charge is 0.342 e. The summed E-state index contributed by atoms with van der Waals surface area (Å²) >= 11 is 0. The van der Waals surface area contributed by atoms with Crippen molar-refractivity contribution in [3.05, 3.63) is 40.3 Å². The Morgan fingerprint density at radius 2 is 2.20 bits per heavy atom. The van der Waals surface area contributed by atoms with Crippen LogP contribution in [0.15, 0.2) is 29.2 Å². The number of hydrogen-bond donors (Lipinski definition) is 1. The van der Waals surface area contributed by atoms with Crippen LogP contribution in [0.5, 0.6) is 0 Å². The zero-order chi connectivity index (χ0) is 10.8. The van der Waals surface area contributed by atoms with Crippen molar-refractivity contribution in [2.24, 2.45) is 0 Å². The smallest absolute Gasteiger partial charge is 0.248 e. The van der Waals surface area contributed by atoms with Gasteiger partial charge in [0.25, 0.3) is 0 Å². The Labute approximate surface area is 87.2 Å². The monoisotopic (exact) mass is 204 g/mol. The Morgan fingerprint density at radius 1 is 1.40 bits per heavy atom. The van der Waals surface area contributed by atoms with Crippen LogP contribution in [0.25, 0.3) is 5.57 Å². The van der Waals surface area contributed by atoms with Crippen LogP contribution in [0.4, 0.5) is 0 Å². The van der Waals surface area contributed by atoms with E-state index in [1.54, 1.807) is 18.1 Å². The first-order valence-corrected chi connectivity index (χ1v) is 4.79. The van der Waals surface area contributed by atoms with Gasteiger partial charge in [-0.3, -0.25) is 9.59 Å². The molecular formula is C11H12N2O2. The van der Waals surface area contributed by atoms with Crippen LogP contribution < -0.4 is 5.56 Å². The molecule has 2 heterocycles. The van der Waals surface area contributed by atoms with E-state index >= 15 is 0 Å². The molecule has 1 N–H and O–H groups in total. The van der Waals surface area contributed by atoms with Crippen LogP contribution in [-0.4, -0.2) is 29.4 Å². The highest BCUT2D eigenvalue weighted by Crippen LogP contribution is 2.20. The lowest BCUT2D eigenvalue weighted by atomic mass is 10.0. The topological polar surface area (TPSA) is 53.2 Å². The van der Waals surface area contributed by atoms with E-state index in [1.807, 2.05) is 12.1 Å². The molecule has 0 aromatic carbocycles. The van der Waals surface area contributed by atoms with E-state index in [4.69, 9.17) is 0 Å². The molecule has 0 unspecified atom stereocenters. The molecule has 0 atom stereocenters. The fraction of sp³-hybridized carbons (Fsp3) is 0.273. The molecule has 0 saturated heterocycles. The number of hydrogen-bond acceptors (Lipinski definition) is 2. The van der Waals surface area contributed by atoms with E-state index in [0.29, 0.717) is 13.0 Å². The summed E-state index contributed by atoms with van der Waals surface area (Å²) in [6.07, 6.45) is 3.96. The summed E-state index contributed by atoms with van der Waals surface area (Å²) in [4.78, 5) is 26.8. The Bertz CT molecular complexity index is 473. The van der Waals surface area contributed by atoms with Crippen LogP contribution in [-0.2, 0) is 4.79 Å². The van der Waals surface area contributed by atoms with Gasteiger partial charge in [-0.05, 0) is 17.2 Å². The zero-order valence-electron chi connectivity index (χ0n) is 8.49. The third-order valence-corrected chi connectivity index (χ3v) is 2.52. The molecule has 0 aliphatic carbocycles. The second-order valence-electron chi connectivity index (χ2n) is 3.62. The van der Waals surface area contributed by atoms with E-state index in [1.165, 1.54) is 6.07 Å². The van der Waals surface area contributed by atoms with Crippen LogP contribution in [0.2, 0.25) is 0 Å². The van der Waals surface area contributed by atoms with Gasteiger partial charge in [-0.25, -0.2) is 0 Å². The summed E-state index contributed by atoms with van der Waals surface area (Å²) < 4.78 is 0. The second-order valence-corrected chi connectivity index (χ2v) is 3.62. The van der Waals surface area contributed by atoms with E-state index in [-0.39, 0.29) is 11.5 Å². The summed E-state index contributed by atoms with van der Waals surface area (Å²) in [6.45, 7) is 0.612. The lowest BCUT2D eigenvalue weighted by Gasteiger charge is -2.22. The maximum atomic E-state index is 11.5. The molecule has 1 aromatic rings. The first-order chi connectivity index (χ1) is 7.16. The normalized spacial score (nSPS) is 16.5. The number of rotatable bonds is 1. The van der Waals surface area contributed by atoms with E-state index in [2.05, 4.69) is 4.98 Å². The zero-order valence-corrected chi connectivity index (χ0v) is 8.49. The molecule has 1 amide bonds. The summed E-state index contributed by atoms with van der Waals surface area (Å²) in [7, 11) is 1.77. The highest BCUT2D eigenvalue weighted by Gasteiger charge is 2.16. The minimum absolute atomic E-state index is 0.0905. The summed E-state index contributed by atoms with van der Waals surface area (Å²) in [6, 6.07) is 3.33. The van der Waals surface area contributed by atoms with Crippen molar-refractivity contribution in [1.82, 2.24) is 9.88 Å². The first-order valence-electron chi connectivity index (χ1n) is 4.79. The van der Waals surface area contributed by atoms with Crippen LogP contribution >= 0.6 is 0 Å². The van der Waals surface area contributed by atoms with E-state index in [9.17, 15) is 9.59 Å². The van der Waals surface area contributed by atoms with E-state index in [0.717, 1.165) is 11.1 Å². The van der Waals surface area contributed by atoms with Crippen molar-refractivity contribution in [3.63, 3.8) is 0 Å². The summed E-state index contributed by atoms with van der Waals surface area (Å²) in [5.41, 5.74) is 1.63. The lowest BCUT2D eigenvalue weighted by molar-refractivity contribution is -0.128. The SMILES string of the molecule is CN1CC=C(c2cc[nH]c(=O)c2)CC1=O. The Morgan fingerprint density at radius 3 is 2.87 bits per heavy atom. The van der Waals surface area contributed by atoms with Gasteiger partial charge in [0.05, 0.1) is 6.42 Å². The molecule has 1 aliphatic heterocycles. The fourth-order valence-corrected chi connectivity index (χ4v) is 1.58. The number of aromatic nitrogens is 1. The van der Waals surface area contributed by atoms with Crippen LogP contribution in [0, 0.1) is 0 Å². The Hall–Kier alpha value is -1.84. The molecule has 0 spiro atoms. The van der Waals surface area contributed by atoms with Gasteiger partial charge < -0.3 is 9.88 Å². The minimum Gasteiger partial charge on any atom is -0.342 e. The number of aromatic amines is 1. The maximum Gasteiger partial charge on any atom is 0.248 e. The summed E-state index contributed by atoms with van der Waals surface area (Å²) in [5, 5.41) is 0. The third-order valence-electron chi connectivity index (χ3n) is 2.52. The van der Waals surface area contributed by atoms with Gasteiger partial charge >= 0.3 is 0 Å². The average molecular weight is 204 g/mol. The average Bonchev–Trinajstić information content (AvgIpc) is 2.22. The fourth-order valence-electron chi connectivity index (χ4n) is 1.58. The highest BCUT2D eigenvalue weighted by atomic mass is 16.2. The Kier molecular flexibility index (Phi) is 2.41. The van der Waals surface area contributed by atoms with Gasteiger partial charge in [0.2, 0.25) is 11.5 Å². The molecule has 4 nitrogen and oxygen atoms in total. The van der Waals surface area contributed by atoms with Gasteiger partial charge in [0, 0.05) is 25.9 Å². The molecule has 15 heavy (non-hydrogen) atoms. The number of carbonyl (C=O) groups is 1. The van der Waals surface area contributed by atoms with Crippen LogP contribution in [0.1, 0.15) is 12.0 Å². The van der Waals surface area contributed by atoms with Crippen molar-refractivity contribution in [1.29, 1.82) is 0 Å². The number of pyridine rings is 1. The van der Waals surface area contributed by atoms with Crippen molar-refractivity contribution < 1.29 is 4.79 Å². The summed E-state index contributed by atoms with van der Waals surface area (Å²) in [5.74, 6) is 0.0905. The van der Waals surface area contributed by atoms with Crippen molar-refractivity contribution >= 4 is 11.5 Å². The maximum absolute atomic E-state index is 11.5. The highest BCUT2D eigenvalue weighted by molar-refractivity contribution is 5.90. The molecule has 0 fully saturated rings. The Balaban J connectivity index is 2.33. The third kappa shape index (κ3) is 1.98. The number of nitrogens with zero attached hydrogens (tertiary/aromatic N) is 1. The number of carbonyl (C=O) groups excluding carboxylic acids is 1. The van der Waals surface area contributed by atoms with E-state index < -0.39 is 0 Å². The number of H-pyrrole nitrogens is 1. The number of nitrogens with one attached hydrogen (secondary N) is 1. The predicted molar refractivity (Wildman–Crippen MR) is 57.3 cm³/mol. The lowest BCUT2D eigenvalue weighted by Crippen LogP contribution is -2.30. The van der Waals surface area contributed by atoms with Crippen LogP contribution in [0.3, 0.4) is 0 Å². The van der Waals surface area contributed by atoms with Gasteiger partial charge in [-0.15, -0.1) is 0 Å². The quantitative estimate of drug-likeness (QED) is 0.729. The molecule has 0 bridgehead atoms. The second kappa shape index (κ2) is 3.73. The van der Waals surface area contributed by atoms with Gasteiger partial charge in [-0.2, -0.15) is 0 Å². The molecule has 78 valence electrons. The molecule has 4 heteroatoms. The molecule has 0 radical (unpaired) electrons. The van der Waals surface area contributed by atoms with Crippen molar-refractivity contribution in [3.8, 4) is 0 Å².